The molecule has 1 heterocycles. The third kappa shape index (κ3) is 1.84. The van der Waals surface area contributed by atoms with Gasteiger partial charge in [-0.05, 0) is 28.3 Å². The second kappa shape index (κ2) is 3.19. The molecule has 0 aliphatic heterocycles. The van der Waals surface area contributed by atoms with Gasteiger partial charge in [-0.2, -0.15) is 5.10 Å². The van der Waals surface area contributed by atoms with Gasteiger partial charge in [-0.1, -0.05) is 13.8 Å². The standard InChI is InChI=1S/C7H11BrN2/c1-5(2)3-7-6(8)4-9-10-7/h4-5H,3H2,1-2H3,(H,9,10). The molecule has 1 aromatic rings. The monoisotopic (exact) mass is 202 g/mol. The quantitative estimate of drug-likeness (QED) is 0.785. The number of nitrogens with zero attached hydrogens (tertiary/aromatic N) is 1. The predicted molar refractivity (Wildman–Crippen MR) is 44.8 cm³/mol. The zero-order chi connectivity index (χ0) is 7.56. The number of aromatic nitrogens is 2. The second-order valence-electron chi connectivity index (χ2n) is 2.79. The van der Waals surface area contributed by atoms with Gasteiger partial charge in [0.25, 0.3) is 0 Å². The van der Waals surface area contributed by atoms with Crippen LogP contribution in [0.2, 0.25) is 0 Å². The van der Waals surface area contributed by atoms with Crippen molar-refractivity contribution in [1.82, 2.24) is 10.2 Å². The van der Waals surface area contributed by atoms with Crippen molar-refractivity contribution in [1.29, 1.82) is 0 Å². The Morgan fingerprint density at radius 1 is 1.70 bits per heavy atom. The van der Waals surface area contributed by atoms with E-state index in [1.807, 2.05) is 0 Å². The summed E-state index contributed by atoms with van der Waals surface area (Å²) in [7, 11) is 0. The van der Waals surface area contributed by atoms with E-state index in [-0.39, 0.29) is 0 Å². The molecule has 0 fully saturated rings. The van der Waals surface area contributed by atoms with E-state index in [4.69, 9.17) is 0 Å². The maximum atomic E-state index is 3.90. The van der Waals surface area contributed by atoms with Crippen molar-refractivity contribution in [3.63, 3.8) is 0 Å². The molecule has 3 heteroatoms. The number of halogens is 1. The first-order chi connectivity index (χ1) is 4.70. The molecule has 1 aromatic heterocycles. The summed E-state index contributed by atoms with van der Waals surface area (Å²) in [4.78, 5) is 0. The van der Waals surface area contributed by atoms with E-state index in [0.29, 0.717) is 5.92 Å². The van der Waals surface area contributed by atoms with Gasteiger partial charge in [0.1, 0.15) is 0 Å². The Labute approximate surface area is 69.2 Å². The fourth-order valence-electron chi connectivity index (χ4n) is 0.850. The molecular formula is C7H11BrN2. The topological polar surface area (TPSA) is 28.7 Å². The molecule has 2 nitrogen and oxygen atoms in total. The zero-order valence-corrected chi connectivity index (χ0v) is 7.77. The molecule has 0 aliphatic rings. The summed E-state index contributed by atoms with van der Waals surface area (Å²) in [6, 6.07) is 0. The van der Waals surface area contributed by atoms with Crippen LogP contribution in [0.1, 0.15) is 19.5 Å². The minimum atomic E-state index is 0.678. The van der Waals surface area contributed by atoms with Gasteiger partial charge in [0, 0.05) is 5.69 Å². The summed E-state index contributed by atoms with van der Waals surface area (Å²) in [5.41, 5.74) is 1.19. The van der Waals surface area contributed by atoms with Gasteiger partial charge in [-0.25, -0.2) is 0 Å². The van der Waals surface area contributed by atoms with Crippen LogP contribution in [0.4, 0.5) is 0 Å². The third-order valence-electron chi connectivity index (χ3n) is 1.28. The summed E-state index contributed by atoms with van der Waals surface area (Å²) < 4.78 is 1.08. The van der Waals surface area contributed by atoms with Gasteiger partial charge < -0.3 is 0 Å². The predicted octanol–water partition coefficient (Wildman–Crippen LogP) is 2.37. The van der Waals surface area contributed by atoms with Crippen molar-refractivity contribution in [3.8, 4) is 0 Å². The maximum absolute atomic E-state index is 3.90. The van der Waals surface area contributed by atoms with Crippen LogP contribution in [0, 0.1) is 5.92 Å². The summed E-state index contributed by atoms with van der Waals surface area (Å²) in [5.74, 6) is 0.678. The molecule has 0 bridgehead atoms. The number of H-pyrrole nitrogens is 1. The zero-order valence-electron chi connectivity index (χ0n) is 6.19. The smallest absolute Gasteiger partial charge is 0.0632 e. The van der Waals surface area contributed by atoms with Crippen molar-refractivity contribution in [2.45, 2.75) is 20.3 Å². The number of hydrogen-bond donors (Lipinski definition) is 1. The number of hydrogen-bond acceptors (Lipinski definition) is 1. The molecule has 0 saturated heterocycles. The van der Waals surface area contributed by atoms with Gasteiger partial charge in [0.2, 0.25) is 0 Å². The van der Waals surface area contributed by atoms with Crippen LogP contribution in [-0.2, 0) is 6.42 Å². The van der Waals surface area contributed by atoms with Crippen molar-refractivity contribution in [3.05, 3.63) is 16.4 Å². The van der Waals surface area contributed by atoms with E-state index in [9.17, 15) is 0 Å². The maximum Gasteiger partial charge on any atom is 0.0632 e. The van der Waals surface area contributed by atoms with E-state index in [1.165, 1.54) is 5.69 Å². The summed E-state index contributed by atoms with van der Waals surface area (Å²) in [5, 5.41) is 6.84. The highest BCUT2D eigenvalue weighted by Crippen LogP contribution is 2.15. The van der Waals surface area contributed by atoms with Crippen molar-refractivity contribution in [2.24, 2.45) is 5.92 Å². The molecule has 0 spiro atoms. The normalized spacial score (nSPS) is 10.8. The molecule has 0 atom stereocenters. The van der Waals surface area contributed by atoms with Crippen molar-refractivity contribution >= 4 is 15.9 Å². The van der Waals surface area contributed by atoms with E-state index < -0.39 is 0 Å². The van der Waals surface area contributed by atoms with Crippen LogP contribution < -0.4 is 0 Å². The van der Waals surface area contributed by atoms with E-state index in [0.717, 1.165) is 10.9 Å². The van der Waals surface area contributed by atoms with Crippen molar-refractivity contribution < 1.29 is 0 Å². The Kier molecular flexibility index (Phi) is 2.49. The molecule has 10 heavy (non-hydrogen) atoms. The van der Waals surface area contributed by atoms with E-state index in [1.54, 1.807) is 6.20 Å². The number of rotatable bonds is 2. The Morgan fingerprint density at radius 3 is 2.80 bits per heavy atom. The molecule has 0 unspecified atom stereocenters. The van der Waals surface area contributed by atoms with E-state index >= 15 is 0 Å². The highest BCUT2D eigenvalue weighted by Gasteiger charge is 2.02. The van der Waals surface area contributed by atoms with Gasteiger partial charge in [0.15, 0.2) is 0 Å². The largest absolute Gasteiger partial charge is 0.281 e. The lowest BCUT2D eigenvalue weighted by Crippen LogP contribution is -1.94. The minimum Gasteiger partial charge on any atom is -0.281 e. The summed E-state index contributed by atoms with van der Waals surface area (Å²) in [6.07, 6.45) is 2.85. The Bertz CT molecular complexity index is 205. The fourth-order valence-corrected chi connectivity index (χ4v) is 1.20. The highest BCUT2D eigenvalue weighted by molar-refractivity contribution is 9.10. The molecule has 0 amide bonds. The van der Waals surface area contributed by atoms with Crippen LogP contribution in [0.15, 0.2) is 10.7 Å². The summed E-state index contributed by atoms with van der Waals surface area (Å²) in [6.45, 7) is 4.38. The average Bonchev–Trinajstić information content (AvgIpc) is 2.15. The first-order valence-corrected chi connectivity index (χ1v) is 4.17. The van der Waals surface area contributed by atoms with Crippen LogP contribution >= 0.6 is 15.9 Å². The Balaban J connectivity index is 2.65. The number of aromatic amines is 1. The number of nitrogens with one attached hydrogen (secondary N) is 1. The lowest BCUT2D eigenvalue weighted by Gasteiger charge is -2.00. The molecule has 0 aliphatic carbocycles. The lowest BCUT2D eigenvalue weighted by atomic mass is 10.1. The van der Waals surface area contributed by atoms with Gasteiger partial charge in [0.05, 0.1) is 10.7 Å². The second-order valence-corrected chi connectivity index (χ2v) is 3.65. The minimum absolute atomic E-state index is 0.678. The van der Waals surface area contributed by atoms with Crippen LogP contribution in [0.25, 0.3) is 0 Å². The van der Waals surface area contributed by atoms with Gasteiger partial charge >= 0.3 is 0 Å². The average molecular weight is 203 g/mol. The molecule has 0 aromatic carbocycles. The van der Waals surface area contributed by atoms with Crippen LogP contribution in [0.3, 0.4) is 0 Å². The molecular weight excluding hydrogens is 192 g/mol. The first-order valence-electron chi connectivity index (χ1n) is 3.38. The van der Waals surface area contributed by atoms with Crippen molar-refractivity contribution in [2.75, 3.05) is 0 Å². The SMILES string of the molecule is CC(C)Cc1[nH]ncc1Br. The van der Waals surface area contributed by atoms with Gasteiger partial charge in [-0.3, -0.25) is 5.10 Å². The molecule has 1 N–H and O–H groups in total. The Hall–Kier alpha value is -0.310. The van der Waals surface area contributed by atoms with Gasteiger partial charge in [-0.15, -0.1) is 0 Å². The molecule has 0 radical (unpaired) electrons. The molecule has 0 saturated carbocycles. The Morgan fingerprint density at radius 2 is 2.40 bits per heavy atom. The highest BCUT2D eigenvalue weighted by atomic mass is 79.9. The summed E-state index contributed by atoms with van der Waals surface area (Å²) >= 11 is 3.40. The molecule has 1 rings (SSSR count). The molecule has 56 valence electrons. The lowest BCUT2D eigenvalue weighted by molar-refractivity contribution is 0.632. The third-order valence-corrected chi connectivity index (χ3v) is 1.96. The van der Waals surface area contributed by atoms with E-state index in [2.05, 4.69) is 40.0 Å². The fraction of sp³-hybridized carbons (Fsp3) is 0.571. The first kappa shape index (κ1) is 7.79. The van der Waals surface area contributed by atoms with Crippen LogP contribution in [0.5, 0.6) is 0 Å². The van der Waals surface area contributed by atoms with Crippen LogP contribution in [-0.4, -0.2) is 10.2 Å².